The summed E-state index contributed by atoms with van der Waals surface area (Å²) in [6, 6.07) is 14.2. The fourth-order valence-corrected chi connectivity index (χ4v) is 1.43. The van der Waals surface area contributed by atoms with Crippen molar-refractivity contribution in [1.29, 1.82) is 0 Å². The summed E-state index contributed by atoms with van der Waals surface area (Å²) in [6.07, 6.45) is -4.29. The maximum absolute atomic E-state index is 12.3. The van der Waals surface area contributed by atoms with Gasteiger partial charge in [-0.05, 0) is 36.4 Å². The quantitative estimate of drug-likeness (QED) is 0.775. The number of alkyl halides is 3. The average Bonchev–Trinajstić information content (AvgIpc) is 2.30. The summed E-state index contributed by atoms with van der Waals surface area (Å²) < 4.78 is 37.0. The molecule has 0 aliphatic heterocycles. The minimum absolute atomic E-state index is 0. The molecular weight excluding hydrogens is 246 g/mol. The van der Waals surface area contributed by atoms with Gasteiger partial charge in [0, 0.05) is 11.4 Å². The summed E-state index contributed by atoms with van der Waals surface area (Å²) in [4.78, 5) is 0. The monoisotopic (exact) mass is 257 g/mol. The molecule has 0 aliphatic carbocycles. The van der Waals surface area contributed by atoms with Gasteiger partial charge in [0.25, 0.3) is 0 Å². The Morgan fingerprint density at radius 1 is 0.722 bits per heavy atom. The van der Waals surface area contributed by atoms with Crippen LogP contribution in [0.2, 0.25) is 0 Å². The number of para-hydroxylation sites is 1. The third kappa shape index (κ3) is 3.48. The lowest BCUT2D eigenvalue weighted by molar-refractivity contribution is -0.137. The molecule has 0 saturated heterocycles. The van der Waals surface area contributed by atoms with Gasteiger partial charge in [-0.25, -0.2) is 0 Å². The molecule has 0 radical (unpaired) electrons. The van der Waals surface area contributed by atoms with Gasteiger partial charge in [0.1, 0.15) is 0 Å². The molecule has 0 aromatic heterocycles. The van der Waals surface area contributed by atoms with Crippen LogP contribution in [0.5, 0.6) is 0 Å². The van der Waals surface area contributed by atoms with Gasteiger partial charge >= 0.3 is 6.18 Å². The van der Waals surface area contributed by atoms with Gasteiger partial charge in [0.15, 0.2) is 0 Å². The van der Waals surface area contributed by atoms with Crippen molar-refractivity contribution in [3.63, 3.8) is 0 Å². The van der Waals surface area contributed by atoms with E-state index in [-0.39, 0.29) is 4.70 Å². The predicted octanol–water partition coefficient (Wildman–Crippen LogP) is 4.60. The molecule has 0 saturated carbocycles. The first-order valence-corrected chi connectivity index (χ1v) is 5.05. The van der Waals surface area contributed by atoms with Crippen LogP contribution in [-0.4, -0.2) is 0 Å². The van der Waals surface area contributed by atoms with Crippen molar-refractivity contribution < 1.29 is 17.9 Å². The van der Waals surface area contributed by atoms with Crippen molar-refractivity contribution in [3.8, 4) is 0 Å². The van der Waals surface area contributed by atoms with Crippen LogP contribution in [0.25, 0.3) is 0 Å². The van der Waals surface area contributed by atoms with Crippen molar-refractivity contribution in [2.75, 3.05) is 5.32 Å². The van der Waals surface area contributed by atoms with E-state index in [0.29, 0.717) is 5.69 Å². The van der Waals surface area contributed by atoms with Crippen LogP contribution in [0.3, 0.4) is 0 Å². The van der Waals surface area contributed by atoms with E-state index < -0.39 is 11.7 Å². The van der Waals surface area contributed by atoms with E-state index in [4.69, 9.17) is 0 Å². The van der Waals surface area contributed by atoms with Gasteiger partial charge in [-0.15, -0.1) is 0 Å². The summed E-state index contributed by atoms with van der Waals surface area (Å²) >= 11 is 0. The van der Waals surface area contributed by atoms with Gasteiger partial charge in [-0.3, -0.25) is 4.70 Å². The van der Waals surface area contributed by atoms with Gasteiger partial charge in [0.2, 0.25) is 0 Å². The third-order valence-corrected chi connectivity index (χ3v) is 2.27. The molecule has 0 bridgehead atoms. The minimum atomic E-state index is -4.29. The first-order chi connectivity index (χ1) is 8.05. The van der Waals surface area contributed by atoms with Crippen LogP contribution in [0.1, 0.15) is 5.56 Å². The number of halogens is 4. The summed E-state index contributed by atoms with van der Waals surface area (Å²) in [7, 11) is 0. The Kier molecular flexibility index (Phi) is 4.31. The molecule has 1 nitrogen and oxygen atoms in total. The second kappa shape index (κ2) is 5.53. The molecule has 0 atom stereocenters. The van der Waals surface area contributed by atoms with Crippen LogP contribution >= 0.6 is 0 Å². The Labute approximate surface area is 102 Å². The third-order valence-electron chi connectivity index (χ3n) is 2.27. The highest BCUT2D eigenvalue weighted by Crippen LogP contribution is 2.30. The highest BCUT2D eigenvalue weighted by atomic mass is 19.4. The highest BCUT2D eigenvalue weighted by molar-refractivity contribution is 5.59. The summed E-state index contributed by atoms with van der Waals surface area (Å²) in [5.41, 5.74) is 0.826. The van der Waals surface area contributed by atoms with Gasteiger partial charge in [-0.2, -0.15) is 13.2 Å². The van der Waals surface area contributed by atoms with Crippen LogP contribution in [0.15, 0.2) is 54.6 Å². The SMILES string of the molecule is F.FC(F)(F)c1ccc(Nc2ccccc2)cc1. The lowest BCUT2D eigenvalue weighted by Gasteiger charge is -2.09. The molecule has 0 amide bonds. The number of hydrogen-bond donors (Lipinski definition) is 1. The van der Waals surface area contributed by atoms with Crippen LogP contribution in [0.4, 0.5) is 29.3 Å². The average molecular weight is 257 g/mol. The molecule has 1 N–H and O–H groups in total. The largest absolute Gasteiger partial charge is 0.416 e. The van der Waals surface area contributed by atoms with E-state index in [0.717, 1.165) is 17.8 Å². The predicted molar refractivity (Wildman–Crippen MR) is 63.7 cm³/mol. The lowest BCUT2D eigenvalue weighted by Crippen LogP contribution is -2.04. The van der Waals surface area contributed by atoms with Crippen molar-refractivity contribution in [2.24, 2.45) is 0 Å². The van der Waals surface area contributed by atoms with Crippen molar-refractivity contribution in [3.05, 3.63) is 60.2 Å². The van der Waals surface area contributed by atoms with E-state index in [1.165, 1.54) is 12.1 Å². The molecule has 0 heterocycles. The lowest BCUT2D eigenvalue weighted by atomic mass is 10.2. The number of benzene rings is 2. The van der Waals surface area contributed by atoms with Gasteiger partial charge in [-0.1, -0.05) is 18.2 Å². The molecule has 5 heteroatoms. The normalized spacial score (nSPS) is 10.6. The Bertz CT molecular complexity index is 477. The Morgan fingerprint density at radius 2 is 1.22 bits per heavy atom. The Balaban J connectivity index is 0.00000162. The molecule has 96 valence electrons. The molecule has 2 aromatic carbocycles. The molecule has 0 unspecified atom stereocenters. The maximum Gasteiger partial charge on any atom is 0.416 e. The van der Waals surface area contributed by atoms with Crippen molar-refractivity contribution in [1.82, 2.24) is 0 Å². The zero-order chi connectivity index (χ0) is 12.3. The van der Waals surface area contributed by atoms with Gasteiger partial charge in [0.05, 0.1) is 5.56 Å². The van der Waals surface area contributed by atoms with Crippen LogP contribution < -0.4 is 5.32 Å². The second-order valence-electron chi connectivity index (χ2n) is 3.57. The maximum atomic E-state index is 12.3. The van der Waals surface area contributed by atoms with Crippen molar-refractivity contribution in [2.45, 2.75) is 6.18 Å². The summed E-state index contributed by atoms with van der Waals surface area (Å²) in [6.45, 7) is 0. The van der Waals surface area contributed by atoms with Crippen molar-refractivity contribution >= 4 is 11.4 Å². The topological polar surface area (TPSA) is 12.0 Å². The zero-order valence-electron chi connectivity index (χ0n) is 9.24. The van der Waals surface area contributed by atoms with E-state index >= 15 is 0 Å². The van der Waals surface area contributed by atoms with E-state index in [1.54, 1.807) is 0 Å². The van der Waals surface area contributed by atoms with Gasteiger partial charge < -0.3 is 5.32 Å². The fraction of sp³-hybridized carbons (Fsp3) is 0.0769. The summed E-state index contributed by atoms with van der Waals surface area (Å²) in [5, 5.41) is 3.02. The highest BCUT2D eigenvalue weighted by Gasteiger charge is 2.29. The molecule has 0 aliphatic rings. The number of hydrogen-bond acceptors (Lipinski definition) is 1. The number of anilines is 2. The van der Waals surface area contributed by atoms with E-state index in [9.17, 15) is 13.2 Å². The first kappa shape index (κ1) is 14.0. The van der Waals surface area contributed by atoms with Crippen LogP contribution in [-0.2, 0) is 6.18 Å². The van der Waals surface area contributed by atoms with E-state index in [2.05, 4.69) is 5.32 Å². The number of nitrogens with one attached hydrogen (secondary N) is 1. The fourth-order valence-electron chi connectivity index (χ4n) is 1.43. The molecule has 2 rings (SSSR count). The smallest absolute Gasteiger partial charge is 0.356 e. The first-order valence-electron chi connectivity index (χ1n) is 5.05. The standard InChI is InChI=1S/C13H10F3N.FH/c14-13(15,16)10-6-8-12(9-7-10)17-11-4-2-1-3-5-11;/h1-9,17H;1H. The summed E-state index contributed by atoms with van der Waals surface area (Å²) in [5.74, 6) is 0. The zero-order valence-corrected chi connectivity index (χ0v) is 9.24. The second-order valence-corrected chi connectivity index (χ2v) is 3.57. The molecule has 0 spiro atoms. The molecule has 2 aromatic rings. The number of rotatable bonds is 2. The van der Waals surface area contributed by atoms with E-state index in [1.807, 2.05) is 30.3 Å². The van der Waals surface area contributed by atoms with Crippen LogP contribution in [0, 0.1) is 0 Å². The molecule has 18 heavy (non-hydrogen) atoms. The molecule has 0 fully saturated rings. The minimum Gasteiger partial charge on any atom is -0.356 e. The Morgan fingerprint density at radius 3 is 1.72 bits per heavy atom. The molecular formula is C13H11F4N. The Hall–Kier alpha value is -2.04.